The Balaban J connectivity index is 1.50. The van der Waals surface area contributed by atoms with Gasteiger partial charge in [-0.2, -0.15) is 5.10 Å². The number of benzene rings is 2. The normalized spacial score (nSPS) is 20.1. The molecule has 2 aromatic carbocycles. The molecule has 1 saturated carbocycles. The fourth-order valence-electron chi connectivity index (χ4n) is 4.48. The molecule has 2 heterocycles. The standard InChI is InChI=1S/C28H29N3O3/c1-17(2)19-5-7-21(8-6-19)28(33)26-24(32)16-31(25-15-4-18(3)29-30-25)27(26)20-9-11-22(12-10-20)34-23-13-14-23/h4-12,15,17,23,26-27H,13-14,16H2,1-3H3. The number of ether oxygens (including phenoxy) is 1. The first-order valence-corrected chi connectivity index (χ1v) is 11.9. The van der Waals surface area contributed by atoms with Crippen LogP contribution in [-0.4, -0.2) is 34.4 Å². The number of aromatic nitrogens is 2. The summed E-state index contributed by atoms with van der Waals surface area (Å²) >= 11 is 0. The molecule has 2 aliphatic rings. The van der Waals surface area contributed by atoms with E-state index in [1.807, 2.05) is 72.5 Å². The van der Waals surface area contributed by atoms with Gasteiger partial charge in [0, 0.05) is 5.56 Å². The second-order valence-corrected chi connectivity index (χ2v) is 9.58. The number of nitrogens with zero attached hydrogens (tertiary/aromatic N) is 3. The molecule has 6 heteroatoms. The van der Waals surface area contributed by atoms with Crippen molar-refractivity contribution in [3.8, 4) is 5.75 Å². The van der Waals surface area contributed by atoms with Gasteiger partial charge in [-0.25, -0.2) is 0 Å². The van der Waals surface area contributed by atoms with Gasteiger partial charge in [-0.15, -0.1) is 5.10 Å². The molecule has 2 atom stereocenters. The quantitative estimate of drug-likeness (QED) is 0.365. The number of ketones is 2. The zero-order valence-electron chi connectivity index (χ0n) is 19.8. The molecule has 0 N–H and O–H groups in total. The first-order chi connectivity index (χ1) is 16.4. The number of Topliss-reactive ketones (excluding diaryl/α,β-unsaturated/α-hetero) is 2. The van der Waals surface area contributed by atoms with E-state index in [0.717, 1.165) is 35.4 Å². The molecule has 2 unspecified atom stereocenters. The van der Waals surface area contributed by atoms with Crippen LogP contribution in [0, 0.1) is 12.8 Å². The van der Waals surface area contributed by atoms with E-state index in [2.05, 4.69) is 24.0 Å². The second kappa shape index (κ2) is 9.01. The molecule has 0 spiro atoms. The third-order valence-corrected chi connectivity index (χ3v) is 6.60. The smallest absolute Gasteiger partial charge is 0.175 e. The van der Waals surface area contributed by atoms with Crippen LogP contribution in [0.15, 0.2) is 60.7 Å². The largest absolute Gasteiger partial charge is 0.490 e. The Kier molecular flexibility index (Phi) is 5.90. The fraction of sp³-hybridized carbons (Fsp3) is 0.357. The van der Waals surface area contributed by atoms with Gasteiger partial charge in [0.05, 0.1) is 24.4 Å². The van der Waals surface area contributed by atoms with E-state index in [-0.39, 0.29) is 18.1 Å². The molecule has 0 amide bonds. The van der Waals surface area contributed by atoms with E-state index < -0.39 is 12.0 Å². The number of carbonyl (C=O) groups excluding carboxylic acids is 2. The van der Waals surface area contributed by atoms with Crippen LogP contribution < -0.4 is 9.64 Å². The molecule has 1 aliphatic carbocycles. The number of hydrogen-bond donors (Lipinski definition) is 0. The van der Waals surface area contributed by atoms with Crippen molar-refractivity contribution < 1.29 is 14.3 Å². The highest BCUT2D eigenvalue weighted by molar-refractivity contribution is 6.14. The van der Waals surface area contributed by atoms with E-state index >= 15 is 0 Å². The maximum atomic E-state index is 13.7. The lowest BCUT2D eigenvalue weighted by atomic mass is 9.86. The molecule has 1 saturated heterocycles. The van der Waals surface area contributed by atoms with Crippen LogP contribution in [0.5, 0.6) is 5.75 Å². The number of hydrogen-bond acceptors (Lipinski definition) is 6. The zero-order chi connectivity index (χ0) is 23.8. The number of rotatable bonds is 7. The highest BCUT2D eigenvalue weighted by Gasteiger charge is 2.46. The first kappa shape index (κ1) is 22.3. The van der Waals surface area contributed by atoms with Crippen LogP contribution in [0.2, 0.25) is 0 Å². The Morgan fingerprint density at radius 3 is 2.26 bits per heavy atom. The third-order valence-electron chi connectivity index (χ3n) is 6.60. The molecule has 6 nitrogen and oxygen atoms in total. The van der Waals surface area contributed by atoms with Crippen molar-refractivity contribution in [3.63, 3.8) is 0 Å². The summed E-state index contributed by atoms with van der Waals surface area (Å²) in [7, 11) is 0. The van der Waals surface area contributed by atoms with Crippen LogP contribution in [0.4, 0.5) is 5.82 Å². The molecule has 0 bridgehead atoms. The van der Waals surface area contributed by atoms with Gasteiger partial charge in [-0.3, -0.25) is 9.59 Å². The Labute approximate surface area is 200 Å². The third kappa shape index (κ3) is 4.45. The predicted octanol–water partition coefficient (Wildman–Crippen LogP) is 5.08. The lowest BCUT2D eigenvalue weighted by Gasteiger charge is -2.28. The SMILES string of the molecule is Cc1ccc(N2CC(=O)C(C(=O)c3ccc(C(C)C)cc3)C2c2ccc(OC3CC3)cc2)nn1. The molecule has 2 fully saturated rings. The highest BCUT2D eigenvalue weighted by atomic mass is 16.5. The van der Waals surface area contributed by atoms with Crippen molar-refractivity contribution in [2.24, 2.45) is 5.92 Å². The molecule has 0 radical (unpaired) electrons. The van der Waals surface area contributed by atoms with Crippen molar-refractivity contribution >= 4 is 17.4 Å². The molecule has 174 valence electrons. The van der Waals surface area contributed by atoms with Gasteiger partial charge in [0.15, 0.2) is 17.4 Å². The van der Waals surface area contributed by atoms with Crippen LogP contribution in [0.1, 0.15) is 65.8 Å². The van der Waals surface area contributed by atoms with Crippen LogP contribution in [-0.2, 0) is 4.79 Å². The van der Waals surface area contributed by atoms with Gasteiger partial charge in [0.1, 0.15) is 11.7 Å². The molecule has 1 aliphatic heterocycles. The summed E-state index contributed by atoms with van der Waals surface area (Å²) in [5, 5.41) is 8.50. The highest BCUT2D eigenvalue weighted by Crippen LogP contribution is 2.40. The average molecular weight is 456 g/mol. The number of aryl methyl sites for hydroxylation is 1. The summed E-state index contributed by atoms with van der Waals surface area (Å²) in [5.74, 6) is 0.687. The summed E-state index contributed by atoms with van der Waals surface area (Å²) in [5.41, 5.74) is 3.39. The molecular weight excluding hydrogens is 426 g/mol. The Bertz CT molecular complexity index is 1180. The van der Waals surface area contributed by atoms with Gasteiger partial charge in [-0.05, 0) is 61.1 Å². The molecular formula is C28H29N3O3. The van der Waals surface area contributed by atoms with Gasteiger partial charge in [0.2, 0.25) is 0 Å². The second-order valence-electron chi connectivity index (χ2n) is 9.58. The minimum absolute atomic E-state index is 0.108. The van der Waals surface area contributed by atoms with Gasteiger partial charge >= 0.3 is 0 Å². The van der Waals surface area contributed by atoms with Crippen molar-refractivity contribution in [1.82, 2.24) is 10.2 Å². The summed E-state index contributed by atoms with van der Waals surface area (Å²) in [6.45, 7) is 6.22. The molecule has 34 heavy (non-hydrogen) atoms. The summed E-state index contributed by atoms with van der Waals surface area (Å²) in [6.07, 6.45) is 2.48. The number of anilines is 1. The minimum atomic E-state index is -0.816. The van der Waals surface area contributed by atoms with E-state index in [1.54, 1.807) is 0 Å². The van der Waals surface area contributed by atoms with Crippen molar-refractivity contribution in [1.29, 1.82) is 0 Å². The monoisotopic (exact) mass is 455 g/mol. The van der Waals surface area contributed by atoms with E-state index in [9.17, 15) is 9.59 Å². The molecule has 3 aromatic rings. The summed E-state index contributed by atoms with van der Waals surface area (Å²) in [4.78, 5) is 28.8. The minimum Gasteiger partial charge on any atom is -0.490 e. The molecule has 5 rings (SSSR count). The summed E-state index contributed by atoms with van der Waals surface area (Å²) < 4.78 is 5.89. The topological polar surface area (TPSA) is 72.4 Å². The Morgan fingerprint density at radius 1 is 0.971 bits per heavy atom. The van der Waals surface area contributed by atoms with Crippen molar-refractivity contribution in [3.05, 3.63) is 83.0 Å². The maximum Gasteiger partial charge on any atom is 0.175 e. The van der Waals surface area contributed by atoms with Crippen molar-refractivity contribution in [2.45, 2.75) is 51.7 Å². The number of carbonyl (C=O) groups is 2. The average Bonchev–Trinajstić information content (AvgIpc) is 3.59. The van der Waals surface area contributed by atoms with Gasteiger partial charge in [0.25, 0.3) is 0 Å². The zero-order valence-corrected chi connectivity index (χ0v) is 19.8. The van der Waals surface area contributed by atoms with E-state index in [0.29, 0.717) is 23.4 Å². The lowest BCUT2D eigenvalue weighted by Crippen LogP contribution is -2.29. The lowest BCUT2D eigenvalue weighted by molar-refractivity contribution is -0.118. The van der Waals surface area contributed by atoms with Crippen LogP contribution >= 0.6 is 0 Å². The van der Waals surface area contributed by atoms with E-state index in [1.165, 1.54) is 0 Å². The maximum absolute atomic E-state index is 13.7. The van der Waals surface area contributed by atoms with Crippen molar-refractivity contribution in [2.75, 3.05) is 11.4 Å². The molecule has 1 aromatic heterocycles. The van der Waals surface area contributed by atoms with Gasteiger partial charge < -0.3 is 9.64 Å². The van der Waals surface area contributed by atoms with Crippen LogP contribution in [0.25, 0.3) is 0 Å². The van der Waals surface area contributed by atoms with Crippen LogP contribution in [0.3, 0.4) is 0 Å². The fourth-order valence-corrected chi connectivity index (χ4v) is 4.48. The van der Waals surface area contributed by atoms with Gasteiger partial charge in [-0.1, -0.05) is 50.2 Å². The summed E-state index contributed by atoms with van der Waals surface area (Å²) in [6, 6.07) is 18.6. The van der Waals surface area contributed by atoms with E-state index in [4.69, 9.17) is 4.74 Å². The predicted molar refractivity (Wildman–Crippen MR) is 130 cm³/mol. The Morgan fingerprint density at radius 2 is 1.68 bits per heavy atom. The first-order valence-electron chi connectivity index (χ1n) is 11.9. The Hall–Kier alpha value is -3.54.